The van der Waals surface area contributed by atoms with E-state index in [4.69, 9.17) is 0 Å². The van der Waals surface area contributed by atoms with E-state index in [0.29, 0.717) is 5.65 Å². The van der Waals surface area contributed by atoms with E-state index in [1.807, 2.05) is 12.1 Å². The summed E-state index contributed by atoms with van der Waals surface area (Å²) in [6.45, 7) is 0. The van der Waals surface area contributed by atoms with Crippen molar-refractivity contribution in [1.29, 1.82) is 0 Å². The van der Waals surface area contributed by atoms with Gasteiger partial charge in [-0.05, 0) is 37.0 Å². The van der Waals surface area contributed by atoms with Gasteiger partial charge in [0.05, 0.1) is 12.0 Å². The van der Waals surface area contributed by atoms with Gasteiger partial charge >= 0.3 is 0 Å². The highest BCUT2D eigenvalue weighted by molar-refractivity contribution is 5.71. The van der Waals surface area contributed by atoms with E-state index < -0.39 is 0 Å². The molecule has 1 N–H and O–H groups in total. The van der Waals surface area contributed by atoms with Gasteiger partial charge in [0, 0.05) is 0 Å². The summed E-state index contributed by atoms with van der Waals surface area (Å²) in [5.74, 6) is -0.196. The van der Waals surface area contributed by atoms with Crippen LogP contribution in [0.15, 0.2) is 36.9 Å². The van der Waals surface area contributed by atoms with E-state index in [2.05, 4.69) is 19.9 Å². The van der Waals surface area contributed by atoms with Crippen molar-refractivity contribution in [2.24, 2.45) is 0 Å². The molecular formula is C14H13FN4. The third kappa shape index (κ3) is 2.59. The van der Waals surface area contributed by atoms with Crippen LogP contribution in [0.4, 0.5) is 4.39 Å². The van der Waals surface area contributed by atoms with Gasteiger partial charge in [-0.1, -0.05) is 12.1 Å². The largest absolute Gasteiger partial charge is 0.342 e. The van der Waals surface area contributed by atoms with E-state index in [9.17, 15) is 4.39 Å². The molecule has 0 amide bonds. The lowest BCUT2D eigenvalue weighted by Gasteiger charge is -2.02. The minimum atomic E-state index is -0.196. The number of aromatic amines is 1. The number of H-pyrrole nitrogens is 1. The second-order valence-corrected chi connectivity index (χ2v) is 4.40. The van der Waals surface area contributed by atoms with Gasteiger partial charge in [0.1, 0.15) is 17.7 Å². The first-order valence-corrected chi connectivity index (χ1v) is 6.20. The molecule has 1 aromatic carbocycles. The van der Waals surface area contributed by atoms with Crippen molar-refractivity contribution in [3.8, 4) is 0 Å². The molecule has 2 aromatic heterocycles. The summed E-state index contributed by atoms with van der Waals surface area (Å²) in [4.78, 5) is 15.5. The molecule has 0 bridgehead atoms. The average molecular weight is 256 g/mol. The molecule has 2 heterocycles. The Bertz CT molecular complexity index is 675. The second kappa shape index (κ2) is 5.14. The van der Waals surface area contributed by atoms with Gasteiger partial charge in [0.25, 0.3) is 0 Å². The predicted octanol–water partition coefficient (Wildman–Crippen LogP) is 2.67. The number of hydrogen-bond acceptors (Lipinski definition) is 3. The fourth-order valence-electron chi connectivity index (χ4n) is 2.12. The van der Waals surface area contributed by atoms with Crippen molar-refractivity contribution in [3.63, 3.8) is 0 Å². The molecule has 0 unspecified atom stereocenters. The molecule has 5 heteroatoms. The van der Waals surface area contributed by atoms with Crippen LogP contribution in [-0.2, 0) is 12.8 Å². The molecule has 3 aromatic rings. The van der Waals surface area contributed by atoms with Gasteiger partial charge in [-0.3, -0.25) is 0 Å². The van der Waals surface area contributed by atoms with Crippen LogP contribution >= 0.6 is 0 Å². The van der Waals surface area contributed by atoms with Crippen molar-refractivity contribution in [3.05, 3.63) is 54.0 Å². The van der Waals surface area contributed by atoms with E-state index >= 15 is 0 Å². The molecule has 0 saturated heterocycles. The molecular weight excluding hydrogens is 243 g/mol. The number of aromatic nitrogens is 4. The molecule has 0 aliphatic rings. The fourth-order valence-corrected chi connectivity index (χ4v) is 2.12. The Hall–Kier alpha value is -2.30. The highest BCUT2D eigenvalue weighted by Gasteiger charge is 2.05. The zero-order valence-corrected chi connectivity index (χ0v) is 10.3. The highest BCUT2D eigenvalue weighted by Crippen LogP contribution is 2.13. The third-order valence-corrected chi connectivity index (χ3v) is 3.09. The standard InChI is InChI=1S/C14H13FN4/c15-11-6-4-10(5-7-11)2-1-3-12-13-14(18-8-16-12)19-9-17-13/h4-9H,1-3H2,(H,16,17,18,19). The lowest BCUT2D eigenvalue weighted by atomic mass is 10.1. The Kier molecular flexibility index (Phi) is 3.18. The topological polar surface area (TPSA) is 54.5 Å². The maximum Gasteiger partial charge on any atom is 0.180 e. The van der Waals surface area contributed by atoms with Crippen LogP contribution in [0.1, 0.15) is 17.7 Å². The zero-order chi connectivity index (χ0) is 13.1. The summed E-state index contributed by atoms with van der Waals surface area (Å²) in [5, 5.41) is 0. The first kappa shape index (κ1) is 11.8. The number of hydrogen-bond donors (Lipinski definition) is 1. The Balaban J connectivity index is 1.66. The number of aryl methyl sites for hydroxylation is 2. The first-order chi connectivity index (χ1) is 9.33. The van der Waals surface area contributed by atoms with Crippen LogP contribution in [0.5, 0.6) is 0 Å². The Morgan fingerprint density at radius 1 is 1.00 bits per heavy atom. The van der Waals surface area contributed by atoms with Gasteiger partial charge in [0.15, 0.2) is 5.65 Å². The number of halogens is 1. The Labute approximate surface area is 109 Å². The lowest BCUT2D eigenvalue weighted by Crippen LogP contribution is -1.96. The Morgan fingerprint density at radius 3 is 2.68 bits per heavy atom. The molecule has 96 valence electrons. The van der Waals surface area contributed by atoms with Crippen molar-refractivity contribution in [2.75, 3.05) is 0 Å². The minimum absolute atomic E-state index is 0.196. The van der Waals surface area contributed by atoms with E-state index in [0.717, 1.165) is 36.0 Å². The molecule has 0 atom stereocenters. The van der Waals surface area contributed by atoms with Gasteiger partial charge in [-0.15, -0.1) is 0 Å². The van der Waals surface area contributed by atoms with Crippen LogP contribution in [-0.4, -0.2) is 19.9 Å². The number of rotatable bonds is 4. The molecule has 0 aliphatic carbocycles. The maximum absolute atomic E-state index is 12.8. The third-order valence-electron chi connectivity index (χ3n) is 3.09. The first-order valence-electron chi connectivity index (χ1n) is 6.20. The van der Waals surface area contributed by atoms with Crippen molar-refractivity contribution < 1.29 is 4.39 Å². The van der Waals surface area contributed by atoms with E-state index in [1.165, 1.54) is 18.5 Å². The molecule has 19 heavy (non-hydrogen) atoms. The minimum Gasteiger partial charge on any atom is -0.342 e. The van der Waals surface area contributed by atoms with Crippen LogP contribution in [0.25, 0.3) is 11.2 Å². The summed E-state index contributed by atoms with van der Waals surface area (Å²) in [6.07, 6.45) is 5.87. The lowest BCUT2D eigenvalue weighted by molar-refractivity contribution is 0.626. The fraction of sp³-hybridized carbons (Fsp3) is 0.214. The van der Waals surface area contributed by atoms with Gasteiger partial charge in [-0.2, -0.15) is 0 Å². The number of nitrogens with one attached hydrogen (secondary N) is 1. The summed E-state index contributed by atoms with van der Waals surface area (Å²) >= 11 is 0. The van der Waals surface area contributed by atoms with Crippen LogP contribution < -0.4 is 0 Å². The smallest absolute Gasteiger partial charge is 0.180 e. The molecule has 4 nitrogen and oxygen atoms in total. The van der Waals surface area contributed by atoms with Gasteiger partial charge in [-0.25, -0.2) is 19.3 Å². The van der Waals surface area contributed by atoms with Crippen LogP contribution in [0, 0.1) is 5.82 Å². The number of imidazole rings is 1. The van der Waals surface area contributed by atoms with E-state index in [1.54, 1.807) is 6.33 Å². The summed E-state index contributed by atoms with van der Waals surface area (Å²) in [5.41, 5.74) is 3.72. The number of nitrogens with zero attached hydrogens (tertiary/aromatic N) is 3. The number of benzene rings is 1. The van der Waals surface area contributed by atoms with E-state index in [-0.39, 0.29) is 5.82 Å². The van der Waals surface area contributed by atoms with Crippen LogP contribution in [0.3, 0.4) is 0 Å². The van der Waals surface area contributed by atoms with Crippen molar-refractivity contribution in [1.82, 2.24) is 19.9 Å². The number of fused-ring (bicyclic) bond motifs is 1. The normalized spacial score (nSPS) is 11.0. The summed E-state index contributed by atoms with van der Waals surface area (Å²) in [7, 11) is 0. The highest BCUT2D eigenvalue weighted by atomic mass is 19.1. The SMILES string of the molecule is Fc1ccc(CCCc2ncnc3nc[nH]c23)cc1. The van der Waals surface area contributed by atoms with Crippen LogP contribution in [0.2, 0.25) is 0 Å². The average Bonchev–Trinajstić information content (AvgIpc) is 2.90. The van der Waals surface area contributed by atoms with Gasteiger partial charge in [0.2, 0.25) is 0 Å². The molecule has 0 saturated carbocycles. The zero-order valence-electron chi connectivity index (χ0n) is 10.3. The predicted molar refractivity (Wildman–Crippen MR) is 70.1 cm³/mol. The molecule has 0 spiro atoms. The molecule has 0 aliphatic heterocycles. The Morgan fingerprint density at radius 2 is 1.84 bits per heavy atom. The van der Waals surface area contributed by atoms with Crippen molar-refractivity contribution >= 4 is 11.2 Å². The molecule has 3 rings (SSSR count). The molecule has 0 radical (unpaired) electrons. The summed E-state index contributed by atoms with van der Waals surface area (Å²) < 4.78 is 12.8. The van der Waals surface area contributed by atoms with Crippen molar-refractivity contribution in [2.45, 2.75) is 19.3 Å². The molecule has 0 fully saturated rings. The second-order valence-electron chi connectivity index (χ2n) is 4.40. The monoisotopic (exact) mass is 256 g/mol. The summed E-state index contributed by atoms with van der Waals surface area (Å²) in [6, 6.07) is 6.63. The van der Waals surface area contributed by atoms with Gasteiger partial charge < -0.3 is 4.98 Å². The maximum atomic E-state index is 12.8. The quantitative estimate of drug-likeness (QED) is 0.780.